The van der Waals surface area contributed by atoms with Gasteiger partial charge in [0.25, 0.3) is 0 Å². The van der Waals surface area contributed by atoms with Crippen LogP contribution >= 0.6 is 23.4 Å². The van der Waals surface area contributed by atoms with Crippen LogP contribution in [0.3, 0.4) is 0 Å². The zero-order valence-electron chi connectivity index (χ0n) is 7.93. The molecule has 0 saturated heterocycles. The molecule has 1 amide bonds. The average Bonchev–Trinajstić information content (AvgIpc) is 2.42. The SMILES string of the molecule is CSC1C(=O)Nc2cc(Cl)c(C)cc21. The topological polar surface area (TPSA) is 29.1 Å². The number of halogens is 1. The molecule has 1 aromatic rings. The van der Waals surface area contributed by atoms with E-state index in [1.807, 2.05) is 25.3 Å². The van der Waals surface area contributed by atoms with Crippen LogP contribution < -0.4 is 5.32 Å². The molecule has 1 aliphatic rings. The highest BCUT2D eigenvalue weighted by atomic mass is 35.5. The van der Waals surface area contributed by atoms with Gasteiger partial charge in [-0.25, -0.2) is 0 Å². The Balaban J connectivity index is 2.54. The first-order valence-electron chi connectivity index (χ1n) is 4.27. The number of aryl methyl sites for hydroxylation is 1. The number of hydrogen-bond acceptors (Lipinski definition) is 2. The maximum atomic E-state index is 11.5. The van der Waals surface area contributed by atoms with Crippen molar-refractivity contribution >= 4 is 35.0 Å². The minimum atomic E-state index is -0.0824. The Kier molecular flexibility index (Phi) is 2.45. The molecule has 1 aliphatic heterocycles. The number of carbonyl (C=O) groups excluding carboxylic acids is 1. The smallest absolute Gasteiger partial charge is 0.242 e. The fourth-order valence-electron chi connectivity index (χ4n) is 1.60. The summed E-state index contributed by atoms with van der Waals surface area (Å²) in [6.45, 7) is 1.95. The lowest BCUT2D eigenvalue weighted by Gasteiger charge is -2.06. The van der Waals surface area contributed by atoms with E-state index >= 15 is 0 Å². The molecule has 0 radical (unpaired) electrons. The Morgan fingerprint density at radius 2 is 2.21 bits per heavy atom. The van der Waals surface area contributed by atoms with Crippen LogP contribution in [0.5, 0.6) is 0 Å². The molecule has 1 heterocycles. The average molecular weight is 228 g/mol. The number of anilines is 1. The Hall–Kier alpha value is -0.670. The summed E-state index contributed by atoms with van der Waals surface area (Å²) in [5, 5.41) is 3.44. The van der Waals surface area contributed by atoms with Gasteiger partial charge in [0.2, 0.25) is 5.91 Å². The Labute approximate surface area is 92.0 Å². The molecule has 0 aromatic heterocycles. The van der Waals surface area contributed by atoms with Crippen LogP contribution in [0.25, 0.3) is 0 Å². The van der Waals surface area contributed by atoms with Crippen LogP contribution in [-0.2, 0) is 4.79 Å². The number of carbonyl (C=O) groups is 1. The summed E-state index contributed by atoms with van der Waals surface area (Å²) in [5.74, 6) is 0.0502. The summed E-state index contributed by atoms with van der Waals surface area (Å²) < 4.78 is 0. The highest BCUT2D eigenvalue weighted by molar-refractivity contribution is 7.99. The van der Waals surface area contributed by atoms with Gasteiger partial charge in [-0.2, -0.15) is 0 Å². The second kappa shape index (κ2) is 3.48. The van der Waals surface area contributed by atoms with Crippen LogP contribution in [0.2, 0.25) is 5.02 Å². The molecule has 0 saturated carbocycles. The third kappa shape index (κ3) is 1.41. The van der Waals surface area contributed by atoms with Gasteiger partial charge >= 0.3 is 0 Å². The second-order valence-corrected chi connectivity index (χ2v) is 4.64. The maximum absolute atomic E-state index is 11.5. The van der Waals surface area contributed by atoms with Crippen molar-refractivity contribution in [1.82, 2.24) is 0 Å². The fourth-order valence-corrected chi connectivity index (χ4v) is 2.49. The lowest BCUT2D eigenvalue weighted by Crippen LogP contribution is -2.08. The molecule has 2 nitrogen and oxygen atoms in total. The van der Waals surface area contributed by atoms with Crippen LogP contribution in [0.1, 0.15) is 16.4 Å². The molecule has 4 heteroatoms. The number of thioether (sulfide) groups is 1. The van der Waals surface area contributed by atoms with E-state index < -0.39 is 0 Å². The molecule has 74 valence electrons. The van der Waals surface area contributed by atoms with Crippen LogP contribution in [0.15, 0.2) is 12.1 Å². The van der Waals surface area contributed by atoms with Crippen molar-refractivity contribution in [2.75, 3.05) is 11.6 Å². The predicted molar refractivity (Wildman–Crippen MR) is 61.1 cm³/mol. The number of hydrogen-bond donors (Lipinski definition) is 1. The van der Waals surface area contributed by atoms with Gasteiger partial charge < -0.3 is 5.32 Å². The van der Waals surface area contributed by atoms with E-state index in [9.17, 15) is 4.79 Å². The fraction of sp³-hybridized carbons (Fsp3) is 0.300. The molecule has 1 atom stereocenters. The summed E-state index contributed by atoms with van der Waals surface area (Å²) in [6, 6.07) is 3.80. The number of benzene rings is 1. The number of rotatable bonds is 1. The summed E-state index contributed by atoms with van der Waals surface area (Å²) in [5.41, 5.74) is 2.91. The molecular weight excluding hydrogens is 218 g/mol. The second-order valence-electron chi connectivity index (χ2n) is 3.29. The highest BCUT2D eigenvalue weighted by Gasteiger charge is 2.30. The van der Waals surface area contributed by atoms with Crippen LogP contribution in [0.4, 0.5) is 5.69 Å². The van der Waals surface area contributed by atoms with Crippen molar-refractivity contribution in [3.05, 3.63) is 28.3 Å². The third-order valence-corrected chi connectivity index (χ3v) is 3.69. The van der Waals surface area contributed by atoms with Crippen LogP contribution in [-0.4, -0.2) is 12.2 Å². The third-order valence-electron chi connectivity index (χ3n) is 2.34. The van der Waals surface area contributed by atoms with E-state index in [4.69, 9.17) is 11.6 Å². The van der Waals surface area contributed by atoms with Gasteiger partial charge in [-0.3, -0.25) is 4.79 Å². The van der Waals surface area contributed by atoms with Gasteiger partial charge in [0.1, 0.15) is 5.25 Å². The summed E-state index contributed by atoms with van der Waals surface area (Å²) in [7, 11) is 0. The first kappa shape index (κ1) is 9.87. The molecule has 0 fully saturated rings. The predicted octanol–water partition coefficient (Wildman–Crippen LogP) is 3.00. The Morgan fingerprint density at radius 1 is 1.50 bits per heavy atom. The van der Waals surface area contributed by atoms with Gasteiger partial charge in [0, 0.05) is 10.7 Å². The molecule has 14 heavy (non-hydrogen) atoms. The van der Waals surface area contributed by atoms with Gasteiger partial charge in [0.15, 0.2) is 0 Å². The van der Waals surface area contributed by atoms with Gasteiger partial charge in [0.05, 0.1) is 0 Å². The van der Waals surface area contributed by atoms with E-state index in [2.05, 4.69) is 5.32 Å². The zero-order valence-corrected chi connectivity index (χ0v) is 9.50. The quantitative estimate of drug-likeness (QED) is 0.799. The van der Waals surface area contributed by atoms with E-state index in [0.717, 1.165) is 16.8 Å². The van der Waals surface area contributed by atoms with Crippen molar-refractivity contribution in [1.29, 1.82) is 0 Å². The van der Waals surface area contributed by atoms with E-state index in [-0.39, 0.29) is 11.2 Å². The van der Waals surface area contributed by atoms with Crippen molar-refractivity contribution in [2.45, 2.75) is 12.2 Å². The normalized spacial score (nSPS) is 19.4. The minimum absolute atomic E-state index is 0.0502. The van der Waals surface area contributed by atoms with Crippen molar-refractivity contribution in [3.8, 4) is 0 Å². The van der Waals surface area contributed by atoms with Gasteiger partial charge in [-0.15, -0.1) is 11.8 Å². The number of fused-ring (bicyclic) bond motifs is 1. The molecule has 0 spiro atoms. The molecular formula is C10H10ClNOS. The Bertz CT molecular complexity index is 405. The lowest BCUT2D eigenvalue weighted by atomic mass is 10.1. The summed E-state index contributed by atoms with van der Waals surface area (Å²) in [6.07, 6.45) is 1.93. The molecule has 1 N–H and O–H groups in total. The van der Waals surface area contributed by atoms with E-state index in [1.165, 1.54) is 0 Å². The largest absolute Gasteiger partial charge is 0.324 e. The Morgan fingerprint density at radius 3 is 2.86 bits per heavy atom. The maximum Gasteiger partial charge on any atom is 0.242 e. The van der Waals surface area contributed by atoms with E-state index in [0.29, 0.717) is 5.02 Å². The molecule has 1 unspecified atom stereocenters. The summed E-state index contributed by atoms with van der Waals surface area (Å²) in [4.78, 5) is 11.5. The monoisotopic (exact) mass is 227 g/mol. The van der Waals surface area contributed by atoms with Crippen LogP contribution in [0, 0.1) is 6.92 Å². The molecule has 2 rings (SSSR count). The highest BCUT2D eigenvalue weighted by Crippen LogP contribution is 2.40. The number of amides is 1. The van der Waals surface area contributed by atoms with E-state index in [1.54, 1.807) is 11.8 Å². The molecule has 1 aromatic carbocycles. The van der Waals surface area contributed by atoms with Gasteiger partial charge in [-0.05, 0) is 30.4 Å². The zero-order chi connectivity index (χ0) is 10.3. The van der Waals surface area contributed by atoms with Crippen molar-refractivity contribution in [2.24, 2.45) is 0 Å². The van der Waals surface area contributed by atoms with Crippen molar-refractivity contribution < 1.29 is 4.79 Å². The number of nitrogens with one attached hydrogen (secondary N) is 1. The minimum Gasteiger partial charge on any atom is -0.324 e. The summed E-state index contributed by atoms with van der Waals surface area (Å²) >= 11 is 7.52. The van der Waals surface area contributed by atoms with Gasteiger partial charge in [-0.1, -0.05) is 17.7 Å². The molecule has 0 bridgehead atoms. The first-order valence-corrected chi connectivity index (χ1v) is 5.93. The molecule has 0 aliphatic carbocycles. The standard InChI is InChI=1S/C10H10ClNOS/c1-5-3-6-8(4-7(5)11)12-10(13)9(6)14-2/h3-4,9H,1-2H3,(H,12,13). The lowest BCUT2D eigenvalue weighted by molar-refractivity contribution is -0.115. The first-order chi connectivity index (χ1) is 6.63. The van der Waals surface area contributed by atoms with Crippen molar-refractivity contribution in [3.63, 3.8) is 0 Å².